The lowest BCUT2D eigenvalue weighted by Crippen LogP contribution is -2.14. The summed E-state index contributed by atoms with van der Waals surface area (Å²) in [7, 11) is 3.25. The van der Waals surface area contributed by atoms with Gasteiger partial charge in [-0.25, -0.2) is 0 Å². The van der Waals surface area contributed by atoms with Crippen molar-refractivity contribution in [3.63, 3.8) is 0 Å². The van der Waals surface area contributed by atoms with Crippen LogP contribution >= 0.6 is 0 Å². The van der Waals surface area contributed by atoms with Gasteiger partial charge < -0.3 is 14.6 Å². The Morgan fingerprint density at radius 2 is 1.94 bits per heavy atom. The van der Waals surface area contributed by atoms with Crippen LogP contribution in [0.3, 0.4) is 0 Å². The van der Waals surface area contributed by atoms with Gasteiger partial charge in [0.2, 0.25) is 0 Å². The van der Waals surface area contributed by atoms with Crippen molar-refractivity contribution in [3.8, 4) is 11.5 Å². The Morgan fingerprint density at radius 3 is 2.47 bits per heavy atom. The number of ether oxygens (including phenoxy) is 2. The third-order valence-corrected chi connectivity index (χ3v) is 3.56. The first kappa shape index (κ1) is 12.2. The molecule has 2 rings (SSSR count). The number of rotatable bonds is 5. The van der Waals surface area contributed by atoms with Crippen molar-refractivity contribution in [1.29, 1.82) is 0 Å². The zero-order valence-corrected chi connectivity index (χ0v) is 10.6. The predicted molar refractivity (Wildman–Crippen MR) is 66.5 cm³/mol. The van der Waals surface area contributed by atoms with E-state index in [9.17, 15) is 5.11 Å². The van der Waals surface area contributed by atoms with Crippen molar-refractivity contribution in [2.24, 2.45) is 11.8 Å². The highest BCUT2D eigenvalue weighted by atomic mass is 16.5. The van der Waals surface area contributed by atoms with E-state index in [0.717, 1.165) is 23.5 Å². The summed E-state index contributed by atoms with van der Waals surface area (Å²) in [6.45, 7) is 2.18. The molecule has 3 atom stereocenters. The van der Waals surface area contributed by atoms with Gasteiger partial charge in [-0.15, -0.1) is 0 Å². The highest BCUT2D eigenvalue weighted by Gasteiger charge is 2.38. The standard InChI is InChI=1S/C14H20O3/c1-9-6-11(9)12(15)7-10-4-5-13(16-2)14(8-10)17-3/h4-5,8-9,11-12,15H,6-7H2,1-3H3. The summed E-state index contributed by atoms with van der Waals surface area (Å²) in [5, 5.41) is 10.0. The molecule has 3 unspecified atom stereocenters. The first-order chi connectivity index (χ1) is 8.15. The van der Waals surface area contributed by atoms with Crippen molar-refractivity contribution in [3.05, 3.63) is 23.8 Å². The lowest BCUT2D eigenvalue weighted by Gasteiger charge is -2.12. The second-order valence-corrected chi connectivity index (χ2v) is 4.84. The Kier molecular flexibility index (Phi) is 3.57. The fourth-order valence-corrected chi connectivity index (χ4v) is 2.29. The molecule has 1 N–H and O–H groups in total. The van der Waals surface area contributed by atoms with Crippen LogP contribution in [0.4, 0.5) is 0 Å². The molecule has 0 radical (unpaired) electrons. The summed E-state index contributed by atoms with van der Waals surface area (Å²) in [5.74, 6) is 2.60. The van der Waals surface area contributed by atoms with Gasteiger partial charge in [-0.3, -0.25) is 0 Å². The summed E-state index contributed by atoms with van der Waals surface area (Å²) in [6.07, 6.45) is 1.60. The van der Waals surface area contributed by atoms with E-state index in [2.05, 4.69) is 6.92 Å². The molecule has 0 saturated heterocycles. The lowest BCUT2D eigenvalue weighted by atomic mass is 10.0. The second kappa shape index (κ2) is 4.96. The minimum absolute atomic E-state index is 0.233. The van der Waals surface area contributed by atoms with Gasteiger partial charge >= 0.3 is 0 Å². The minimum atomic E-state index is -0.233. The van der Waals surface area contributed by atoms with Crippen molar-refractivity contribution in [2.45, 2.75) is 25.9 Å². The number of aliphatic hydroxyl groups is 1. The van der Waals surface area contributed by atoms with E-state index in [0.29, 0.717) is 18.3 Å². The van der Waals surface area contributed by atoms with E-state index in [1.54, 1.807) is 14.2 Å². The quantitative estimate of drug-likeness (QED) is 0.852. The SMILES string of the molecule is COc1ccc(CC(O)C2CC2C)cc1OC. The Balaban J connectivity index is 2.05. The summed E-state index contributed by atoms with van der Waals surface area (Å²) in [5.41, 5.74) is 1.09. The summed E-state index contributed by atoms with van der Waals surface area (Å²) < 4.78 is 10.4. The molecule has 1 fully saturated rings. The maximum Gasteiger partial charge on any atom is 0.160 e. The van der Waals surface area contributed by atoms with Gasteiger partial charge in [0.15, 0.2) is 11.5 Å². The van der Waals surface area contributed by atoms with E-state index in [4.69, 9.17) is 9.47 Å². The van der Waals surface area contributed by atoms with Crippen molar-refractivity contribution >= 4 is 0 Å². The zero-order valence-electron chi connectivity index (χ0n) is 10.6. The molecule has 1 aromatic carbocycles. The van der Waals surface area contributed by atoms with Gasteiger partial charge in [0.25, 0.3) is 0 Å². The molecule has 0 heterocycles. The topological polar surface area (TPSA) is 38.7 Å². The molecular formula is C14H20O3. The largest absolute Gasteiger partial charge is 0.493 e. The second-order valence-electron chi connectivity index (χ2n) is 4.84. The van der Waals surface area contributed by atoms with E-state index in [-0.39, 0.29) is 6.10 Å². The van der Waals surface area contributed by atoms with Crippen LogP contribution in [0.2, 0.25) is 0 Å². The van der Waals surface area contributed by atoms with Crippen molar-refractivity contribution < 1.29 is 14.6 Å². The summed E-state index contributed by atoms with van der Waals surface area (Å²) in [6, 6.07) is 5.81. The zero-order chi connectivity index (χ0) is 12.4. The Bertz CT molecular complexity index is 389. The normalized spacial score (nSPS) is 24.2. The molecule has 1 aliphatic rings. The highest BCUT2D eigenvalue weighted by molar-refractivity contribution is 5.43. The van der Waals surface area contributed by atoms with Crippen LogP contribution in [0, 0.1) is 11.8 Å². The number of benzene rings is 1. The number of hydrogen-bond donors (Lipinski definition) is 1. The van der Waals surface area contributed by atoms with Crippen LogP contribution in [0.25, 0.3) is 0 Å². The Labute approximate surface area is 102 Å². The van der Waals surface area contributed by atoms with E-state index in [1.807, 2.05) is 18.2 Å². The molecule has 0 spiro atoms. The fourth-order valence-electron chi connectivity index (χ4n) is 2.29. The number of hydrogen-bond acceptors (Lipinski definition) is 3. The molecule has 17 heavy (non-hydrogen) atoms. The number of methoxy groups -OCH3 is 2. The average Bonchev–Trinajstić information content (AvgIpc) is 3.06. The maximum atomic E-state index is 10.0. The van der Waals surface area contributed by atoms with Crippen molar-refractivity contribution in [2.75, 3.05) is 14.2 Å². The lowest BCUT2D eigenvalue weighted by molar-refractivity contribution is 0.146. The monoisotopic (exact) mass is 236 g/mol. The van der Waals surface area contributed by atoms with Crippen LogP contribution in [-0.2, 0) is 6.42 Å². The van der Waals surface area contributed by atoms with Gasteiger partial charge in [-0.2, -0.15) is 0 Å². The van der Waals surface area contributed by atoms with Crippen LogP contribution in [-0.4, -0.2) is 25.4 Å². The highest BCUT2D eigenvalue weighted by Crippen LogP contribution is 2.41. The number of aliphatic hydroxyl groups excluding tert-OH is 1. The van der Waals surface area contributed by atoms with Gasteiger partial charge in [-0.05, 0) is 42.4 Å². The predicted octanol–water partition coefficient (Wildman–Crippen LogP) is 2.26. The maximum absolute atomic E-state index is 10.0. The van der Waals surface area contributed by atoms with Crippen LogP contribution < -0.4 is 9.47 Å². The third kappa shape index (κ3) is 2.72. The van der Waals surface area contributed by atoms with Crippen LogP contribution in [0.5, 0.6) is 11.5 Å². The molecule has 1 aliphatic carbocycles. The molecule has 0 aromatic heterocycles. The van der Waals surface area contributed by atoms with E-state index in [1.165, 1.54) is 0 Å². The smallest absolute Gasteiger partial charge is 0.160 e. The van der Waals surface area contributed by atoms with Crippen LogP contribution in [0.15, 0.2) is 18.2 Å². The molecule has 3 nitrogen and oxygen atoms in total. The molecule has 1 aromatic rings. The Hall–Kier alpha value is -1.22. The van der Waals surface area contributed by atoms with E-state index < -0.39 is 0 Å². The van der Waals surface area contributed by atoms with Gasteiger partial charge in [0, 0.05) is 0 Å². The minimum Gasteiger partial charge on any atom is -0.493 e. The molecule has 0 bridgehead atoms. The molecule has 3 heteroatoms. The Morgan fingerprint density at radius 1 is 1.29 bits per heavy atom. The molecule has 0 amide bonds. The average molecular weight is 236 g/mol. The van der Waals surface area contributed by atoms with Crippen LogP contribution in [0.1, 0.15) is 18.9 Å². The first-order valence-electron chi connectivity index (χ1n) is 6.04. The van der Waals surface area contributed by atoms with Gasteiger partial charge in [0.1, 0.15) is 0 Å². The first-order valence-corrected chi connectivity index (χ1v) is 6.04. The molecule has 0 aliphatic heterocycles. The summed E-state index contributed by atoms with van der Waals surface area (Å²) >= 11 is 0. The van der Waals surface area contributed by atoms with Crippen molar-refractivity contribution in [1.82, 2.24) is 0 Å². The molecule has 1 saturated carbocycles. The molecule has 94 valence electrons. The third-order valence-electron chi connectivity index (χ3n) is 3.56. The summed E-state index contributed by atoms with van der Waals surface area (Å²) in [4.78, 5) is 0. The fraction of sp³-hybridized carbons (Fsp3) is 0.571. The van der Waals surface area contributed by atoms with Gasteiger partial charge in [0.05, 0.1) is 20.3 Å². The van der Waals surface area contributed by atoms with E-state index >= 15 is 0 Å². The molecular weight excluding hydrogens is 216 g/mol. The van der Waals surface area contributed by atoms with Gasteiger partial charge in [-0.1, -0.05) is 13.0 Å².